The van der Waals surface area contributed by atoms with Crippen molar-refractivity contribution in [3.8, 4) is 0 Å². The Morgan fingerprint density at radius 2 is 1.67 bits per heavy atom. The van der Waals surface area contributed by atoms with Gasteiger partial charge in [0.25, 0.3) is 0 Å². The van der Waals surface area contributed by atoms with E-state index in [1.165, 1.54) is 43.3 Å². The lowest BCUT2D eigenvalue weighted by Crippen LogP contribution is -2.68. The van der Waals surface area contributed by atoms with Gasteiger partial charge in [0.2, 0.25) is 5.91 Å². The van der Waals surface area contributed by atoms with E-state index in [4.69, 9.17) is 0 Å². The lowest BCUT2D eigenvalue weighted by Gasteiger charge is -2.72. The summed E-state index contributed by atoms with van der Waals surface area (Å²) in [4.78, 5) is 29.5. The van der Waals surface area contributed by atoms with Crippen molar-refractivity contribution in [2.24, 2.45) is 51.2 Å². The van der Waals surface area contributed by atoms with Crippen LogP contribution in [0.5, 0.6) is 0 Å². The number of amides is 1. The first-order chi connectivity index (χ1) is 22.7. The van der Waals surface area contributed by atoms with E-state index in [-0.39, 0.29) is 33.1 Å². The second-order valence-corrected chi connectivity index (χ2v) is 17.9. The Morgan fingerprint density at radius 3 is 2.33 bits per heavy atom. The molecule has 5 aliphatic carbocycles. The summed E-state index contributed by atoms with van der Waals surface area (Å²) in [5.74, 6) is 1.90. The number of carboxylic acids is 1. The second kappa shape index (κ2) is 11.4. The molecule has 0 saturated heterocycles. The third kappa shape index (κ3) is 4.80. The number of fused-ring (bicyclic) bond motifs is 7. The van der Waals surface area contributed by atoms with Crippen LogP contribution in [-0.4, -0.2) is 27.5 Å². The standard InChI is InChI=1S/C43H56N2O3/c1-27(2)31-16-21-43(45-36(46)25-28-9-8-24-44-26-28)23-22-41(6)33(37(31)43)14-15-35-40(5)19-17-32(29-10-12-30(13-11-29)38(47)48)39(3,4)34(40)18-20-42(35,41)7/h8-13,17,24,26,31,33-35,37H,1,14-16,18-23,25H2,2-7H3,(H,45,46)(H,47,48)/t31-,33+,34?,35?,37?,40-,41+,42+,43-/m0/s1. The molecule has 0 radical (unpaired) electrons. The van der Waals surface area contributed by atoms with Crippen molar-refractivity contribution >= 4 is 17.4 Å². The molecule has 0 spiro atoms. The van der Waals surface area contributed by atoms with Gasteiger partial charge in [-0.05, 0) is 151 Å². The van der Waals surface area contributed by atoms with E-state index in [9.17, 15) is 14.7 Å². The summed E-state index contributed by atoms with van der Waals surface area (Å²) in [6.45, 7) is 19.6. The highest BCUT2D eigenvalue weighted by molar-refractivity contribution is 5.88. The molecular weight excluding hydrogens is 592 g/mol. The van der Waals surface area contributed by atoms with Gasteiger partial charge in [-0.1, -0.05) is 71.0 Å². The molecule has 1 aromatic carbocycles. The van der Waals surface area contributed by atoms with Gasteiger partial charge in [0, 0.05) is 17.9 Å². The number of aromatic nitrogens is 1. The summed E-state index contributed by atoms with van der Waals surface area (Å²) >= 11 is 0. The molecule has 1 heterocycles. The van der Waals surface area contributed by atoms with Gasteiger partial charge in [-0.2, -0.15) is 0 Å². The minimum Gasteiger partial charge on any atom is -0.478 e. The van der Waals surface area contributed by atoms with Crippen molar-refractivity contribution in [1.29, 1.82) is 0 Å². The predicted molar refractivity (Wildman–Crippen MR) is 192 cm³/mol. The first kappa shape index (κ1) is 33.3. The third-order valence-electron chi connectivity index (χ3n) is 15.6. The van der Waals surface area contributed by atoms with E-state index in [1.807, 2.05) is 30.5 Å². The molecule has 1 aromatic heterocycles. The Hall–Kier alpha value is -3.21. The predicted octanol–water partition coefficient (Wildman–Crippen LogP) is 9.54. The summed E-state index contributed by atoms with van der Waals surface area (Å²) in [5.41, 5.74) is 5.61. The minimum absolute atomic E-state index is 0.00635. The number of hydrogen-bond acceptors (Lipinski definition) is 3. The highest BCUT2D eigenvalue weighted by Crippen LogP contribution is 2.76. The molecule has 0 bridgehead atoms. The highest BCUT2D eigenvalue weighted by Gasteiger charge is 2.70. The molecule has 5 nitrogen and oxygen atoms in total. The van der Waals surface area contributed by atoms with Crippen LogP contribution in [0.15, 0.2) is 67.0 Å². The van der Waals surface area contributed by atoms with E-state index < -0.39 is 5.97 Å². The zero-order chi connectivity index (χ0) is 34.3. The van der Waals surface area contributed by atoms with E-state index in [1.54, 1.807) is 18.3 Å². The molecule has 2 aromatic rings. The van der Waals surface area contributed by atoms with Gasteiger partial charge in [-0.3, -0.25) is 9.78 Å². The first-order valence-corrected chi connectivity index (χ1v) is 18.6. The zero-order valence-corrected chi connectivity index (χ0v) is 30.1. The van der Waals surface area contributed by atoms with Gasteiger partial charge in [-0.25, -0.2) is 4.79 Å². The highest BCUT2D eigenvalue weighted by atomic mass is 16.4. The molecule has 5 heteroatoms. The largest absolute Gasteiger partial charge is 0.478 e. The number of carbonyl (C=O) groups is 2. The van der Waals surface area contributed by atoms with Crippen LogP contribution in [-0.2, 0) is 11.2 Å². The average molecular weight is 649 g/mol. The Kier molecular flexibility index (Phi) is 7.92. The number of rotatable bonds is 6. The molecule has 5 aliphatic rings. The van der Waals surface area contributed by atoms with Crippen molar-refractivity contribution < 1.29 is 14.7 Å². The average Bonchev–Trinajstić information content (AvgIpc) is 3.41. The topological polar surface area (TPSA) is 79.3 Å². The van der Waals surface area contributed by atoms with E-state index in [0.717, 1.165) is 36.8 Å². The summed E-state index contributed by atoms with van der Waals surface area (Å²) in [6, 6.07) is 11.5. The second-order valence-electron chi connectivity index (χ2n) is 17.9. The summed E-state index contributed by atoms with van der Waals surface area (Å²) in [7, 11) is 0. The Bertz CT molecular complexity index is 1640. The van der Waals surface area contributed by atoms with Crippen LogP contribution in [0.4, 0.5) is 0 Å². The number of nitrogens with zero attached hydrogens (tertiary/aromatic N) is 1. The molecule has 4 saturated carbocycles. The fourth-order valence-corrected chi connectivity index (χ4v) is 13.3. The van der Waals surface area contributed by atoms with Crippen LogP contribution < -0.4 is 5.32 Å². The molecule has 3 unspecified atom stereocenters. The van der Waals surface area contributed by atoms with Crippen molar-refractivity contribution in [3.63, 3.8) is 0 Å². The summed E-state index contributed by atoms with van der Waals surface area (Å²) in [5, 5.41) is 13.2. The Balaban J connectivity index is 1.20. The fourth-order valence-electron chi connectivity index (χ4n) is 13.3. The van der Waals surface area contributed by atoms with Crippen molar-refractivity contribution in [2.75, 3.05) is 0 Å². The number of allylic oxidation sites excluding steroid dienone is 3. The number of hydrogen-bond donors (Lipinski definition) is 2. The minimum atomic E-state index is -0.874. The lowest BCUT2D eigenvalue weighted by molar-refractivity contribution is -0.219. The van der Waals surface area contributed by atoms with Gasteiger partial charge >= 0.3 is 5.97 Å². The van der Waals surface area contributed by atoms with Crippen molar-refractivity contribution in [1.82, 2.24) is 10.3 Å². The maximum absolute atomic E-state index is 13.7. The monoisotopic (exact) mass is 648 g/mol. The van der Waals surface area contributed by atoms with Crippen LogP contribution in [0.1, 0.15) is 121 Å². The molecule has 48 heavy (non-hydrogen) atoms. The molecule has 0 aliphatic heterocycles. The number of benzene rings is 1. The molecular formula is C43H56N2O3. The van der Waals surface area contributed by atoms with Crippen LogP contribution in [0.3, 0.4) is 0 Å². The van der Waals surface area contributed by atoms with E-state index in [0.29, 0.717) is 41.6 Å². The van der Waals surface area contributed by atoms with E-state index >= 15 is 0 Å². The smallest absolute Gasteiger partial charge is 0.335 e. The number of carbonyl (C=O) groups excluding carboxylic acids is 1. The van der Waals surface area contributed by atoms with E-state index in [2.05, 4.69) is 64.5 Å². The Morgan fingerprint density at radius 1 is 0.917 bits per heavy atom. The van der Waals surface area contributed by atoms with Gasteiger partial charge in [-0.15, -0.1) is 0 Å². The fraction of sp³-hybridized carbons (Fsp3) is 0.605. The number of carboxylic acid groups (broad SMARTS) is 1. The maximum atomic E-state index is 13.7. The van der Waals surface area contributed by atoms with Gasteiger partial charge in [0.15, 0.2) is 0 Å². The van der Waals surface area contributed by atoms with Crippen LogP contribution in [0.25, 0.3) is 5.57 Å². The molecule has 1 amide bonds. The van der Waals surface area contributed by atoms with Crippen LogP contribution in [0, 0.1) is 51.2 Å². The van der Waals surface area contributed by atoms with Gasteiger partial charge in [0.1, 0.15) is 0 Å². The maximum Gasteiger partial charge on any atom is 0.335 e. The van der Waals surface area contributed by atoms with Gasteiger partial charge in [0.05, 0.1) is 12.0 Å². The quantitative estimate of drug-likeness (QED) is 0.306. The molecule has 7 rings (SSSR count). The summed E-state index contributed by atoms with van der Waals surface area (Å²) < 4.78 is 0. The van der Waals surface area contributed by atoms with Gasteiger partial charge < -0.3 is 10.4 Å². The molecule has 9 atom stereocenters. The lowest BCUT2D eigenvalue weighted by atomic mass is 9.33. The molecule has 256 valence electrons. The number of pyridine rings is 1. The molecule has 2 N–H and O–H groups in total. The van der Waals surface area contributed by atoms with Crippen molar-refractivity contribution in [3.05, 3.63) is 83.7 Å². The summed E-state index contributed by atoms with van der Waals surface area (Å²) in [6.07, 6.45) is 16.9. The SMILES string of the molecule is C=C(C)[C@@H]1CC[C@]2(NC(=O)Cc3cccnc3)CC[C@]3(C)[C@H](CCC4[C@@]5(C)CC=C(c6ccc(C(=O)O)cc6)C(C)(C)C5CC[C@]43C)C12. The Labute approximate surface area is 288 Å². The first-order valence-electron chi connectivity index (χ1n) is 18.6. The molecule has 4 fully saturated rings. The van der Waals surface area contributed by atoms with Crippen molar-refractivity contribution in [2.45, 2.75) is 111 Å². The normalized spacial score (nSPS) is 39.5. The number of aromatic carboxylic acids is 1. The zero-order valence-electron chi connectivity index (χ0n) is 30.1. The number of nitrogens with one attached hydrogen (secondary N) is 1. The van der Waals surface area contributed by atoms with Crippen LogP contribution in [0.2, 0.25) is 0 Å². The van der Waals surface area contributed by atoms with Crippen LogP contribution >= 0.6 is 0 Å². The third-order valence-corrected chi connectivity index (χ3v) is 15.6.